The lowest BCUT2D eigenvalue weighted by atomic mass is 10.2. The summed E-state index contributed by atoms with van der Waals surface area (Å²) in [6.45, 7) is 3.30. The normalized spacial score (nSPS) is 13.8. The number of rotatable bonds is 10. The molecule has 114 valence electrons. The molecule has 0 fully saturated rings. The van der Waals surface area contributed by atoms with Gasteiger partial charge in [-0.1, -0.05) is 13.0 Å². The predicted molar refractivity (Wildman–Crippen MR) is 78.3 cm³/mol. The molecule has 1 aromatic rings. The molecule has 0 spiro atoms. The lowest BCUT2D eigenvalue weighted by Gasteiger charge is -2.14. The molecule has 20 heavy (non-hydrogen) atoms. The number of aliphatic hydroxyl groups excluding tert-OH is 2. The van der Waals surface area contributed by atoms with Crippen LogP contribution in [0.1, 0.15) is 19.8 Å². The monoisotopic (exact) mass is 283 g/mol. The van der Waals surface area contributed by atoms with Gasteiger partial charge in [-0.3, -0.25) is 0 Å². The second kappa shape index (κ2) is 9.58. The molecule has 3 N–H and O–H groups in total. The molecule has 0 saturated heterocycles. The Morgan fingerprint density at radius 3 is 2.65 bits per heavy atom. The highest BCUT2D eigenvalue weighted by Gasteiger charge is 2.06. The minimum absolute atomic E-state index is 0.219. The molecule has 0 aliphatic carbocycles. The van der Waals surface area contributed by atoms with Crippen LogP contribution in [0.5, 0.6) is 11.5 Å². The molecule has 2 unspecified atom stereocenters. The van der Waals surface area contributed by atoms with Gasteiger partial charge in [0.15, 0.2) is 0 Å². The Kier molecular flexibility index (Phi) is 8.02. The summed E-state index contributed by atoms with van der Waals surface area (Å²) in [4.78, 5) is 0. The van der Waals surface area contributed by atoms with Crippen molar-refractivity contribution in [2.75, 3.05) is 26.8 Å². The van der Waals surface area contributed by atoms with E-state index in [0.29, 0.717) is 25.3 Å². The molecule has 5 heteroatoms. The first-order chi connectivity index (χ1) is 9.65. The van der Waals surface area contributed by atoms with Crippen molar-refractivity contribution in [2.24, 2.45) is 0 Å². The number of nitrogens with one attached hydrogen (secondary N) is 1. The van der Waals surface area contributed by atoms with E-state index < -0.39 is 6.10 Å². The van der Waals surface area contributed by atoms with E-state index in [0.717, 1.165) is 12.2 Å². The maximum atomic E-state index is 9.78. The van der Waals surface area contributed by atoms with Crippen LogP contribution < -0.4 is 14.8 Å². The summed E-state index contributed by atoms with van der Waals surface area (Å²) in [5.74, 6) is 1.40. The van der Waals surface area contributed by atoms with Gasteiger partial charge in [0.1, 0.15) is 24.2 Å². The van der Waals surface area contributed by atoms with Gasteiger partial charge in [-0.05, 0) is 31.5 Å². The third-order valence-electron chi connectivity index (χ3n) is 2.99. The van der Waals surface area contributed by atoms with Gasteiger partial charge in [0.2, 0.25) is 0 Å². The maximum absolute atomic E-state index is 9.78. The summed E-state index contributed by atoms with van der Waals surface area (Å²) in [6, 6.07) is 7.27. The van der Waals surface area contributed by atoms with Gasteiger partial charge in [0.25, 0.3) is 0 Å². The van der Waals surface area contributed by atoms with Crippen LogP contribution in [0.2, 0.25) is 0 Å². The van der Waals surface area contributed by atoms with Gasteiger partial charge < -0.3 is 25.0 Å². The van der Waals surface area contributed by atoms with Gasteiger partial charge in [-0.2, -0.15) is 0 Å². The fraction of sp³-hybridized carbons (Fsp3) is 0.600. The van der Waals surface area contributed by atoms with Crippen molar-refractivity contribution in [3.05, 3.63) is 24.3 Å². The number of aliphatic hydroxyl groups is 2. The highest BCUT2D eigenvalue weighted by molar-refractivity contribution is 5.32. The van der Waals surface area contributed by atoms with Crippen LogP contribution in [-0.4, -0.2) is 49.2 Å². The molecule has 1 aromatic carbocycles. The highest BCUT2D eigenvalue weighted by Crippen LogP contribution is 2.18. The zero-order valence-electron chi connectivity index (χ0n) is 12.2. The highest BCUT2D eigenvalue weighted by atomic mass is 16.5. The van der Waals surface area contributed by atoms with E-state index >= 15 is 0 Å². The topological polar surface area (TPSA) is 71.0 Å². The summed E-state index contributed by atoms with van der Waals surface area (Å²) in [5, 5.41) is 22.3. The van der Waals surface area contributed by atoms with Gasteiger partial charge in [-0.15, -0.1) is 0 Å². The van der Waals surface area contributed by atoms with Crippen LogP contribution in [0.25, 0.3) is 0 Å². The van der Waals surface area contributed by atoms with Crippen molar-refractivity contribution in [3.8, 4) is 11.5 Å². The lowest BCUT2D eigenvalue weighted by Crippen LogP contribution is -2.33. The van der Waals surface area contributed by atoms with E-state index in [1.165, 1.54) is 0 Å². The van der Waals surface area contributed by atoms with E-state index in [1.807, 2.05) is 25.1 Å². The van der Waals surface area contributed by atoms with E-state index in [1.54, 1.807) is 13.2 Å². The van der Waals surface area contributed by atoms with Crippen molar-refractivity contribution >= 4 is 0 Å². The second-order valence-electron chi connectivity index (χ2n) is 4.70. The average Bonchev–Trinajstić information content (AvgIpc) is 2.49. The molecule has 0 aromatic heterocycles. The minimum atomic E-state index is -0.583. The Morgan fingerprint density at radius 1 is 1.20 bits per heavy atom. The molecule has 0 aliphatic rings. The number of hydrogen-bond donors (Lipinski definition) is 3. The van der Waals surface area contributed by atoms with Crippen LogP contribution in [0.3, 0.4) is 0 Å². The van der Waals surface area contributed by atoms with E-state index in [9.17, 15) is 10.2 Å². The molecule has 0 amide bonds. The van der Waals surface area contributed by atoms with Crippen LogP contribution in [0, 0.1) is 0 Å². The summed E-state index contributed by atoms with van der Waals surface area (Å²) in [7, 11) is 1.60. The zero-order valence-corrected chi connectivity index (χ0v) is 12.2. The number of methoxy groups -OCH3 is 1. The smallest absolute Gasteiger partial charge is 0.123 e. The second-order valence-corrected chi connectivity index (χ2v) is 4.70. The van der Waals surface area contributed by atoms with Crippen LogP contribution >= 0.6 is 0 Å². The van der Waals surface area contributed by atoms with Crippen molar-refractivity contribution < 1.29 is 19.7 Å². The Hall–Kier alpha value is -1.30. The van der Waals surface area contributed by atoms with Crippen molar-refractivity contribution in [2.45, 2.75) is 32.0 Å². The Bertz CT molecular complexity index is 373. The lowest BCUT2D eigenvalue weighted by molar-refractivity contribution is 0.103. The fourth-order valence-electron chi connectivity index (χ4n) is 1.68. The Morgan fingerprint density at radius 2 is 1.95 bits per heavy atom. The van der Waals surface area contributed by atoms with Gasteiger partial charge in [0, 0.05) is 12.6 Å². The molecule has 2 atom stereocenters. The van der Waals surface area contributed by atoms with Crippen LogP contribution in [0.4, 0.5) is 0 Å². The standard InChI is InChI=1S/C15H25NO4/c1-3-12(17)7-8-16-10-13(18)11-20-15-6-4-5-14(9-15)19-2/h4-6,9,12-13,16-18H,3,7-8,10-11H2,1-2H3. The number of ether oxygens (including phenoxy) is 2. The Labute approximate surface area is 120 Å². The van der Waals surface area contributed by atoms with Gasteiger partial charge >= 0.3 is 0 Å². The third-order valence-corrected chi connectivity index (χ3v) is 2.99. The largest absolute Gasteiger partial charge is 0.497 e. The minimum Gasteiger partial charge on any atom is -0.497 e. The number of hydrogen-bond acceptors (Lipinski definition) is 5. The first kappa shape index (κ1) is 16.8. The predicted octanol–water partition coefficient (Wildman–Crippen LogP) is 1.19. The van der Waals surface area contributed by atoms with E-state index in [-0.39, 0.29) is 12.7 Å². The summed E-state index contributed by atoms with van der Waals surface area (Å²) in [6.07, 6.45) is 0.594. The van der Waals surface area contributed by atoms with Gasteiger partial charge in [-0.25, -0.2) is 0 Å². The summed E-state index contributed by atoms with van der Waals surface area (Å²) >= 11 is 0. The summed E-state index contributed by atoms with van der Waals surface area (Å²) in [5.41, 5.74) is 0. The SMILES string of the molecule is CCC(O)CCNCC(O)COc1cccc(OC)c1. The van der Waals surface area contributed by atoms with Crippen molar-refractivity contribution in [1.29, 1.82) is 0 Å². The molecular weight excluding hydrogens is 258 g/mol. The third kappa shape index (κ3) is 6.75. The molecule has 0 saturated carbocycles. The molecule has 0 radical (unpaired) electrons. The first-order valence-electron chi connectivity index (χ1n) is 6.99. The van der Waals surface area contributed by atoms with Crippen molar-refractivity contribution in [1.82, 2.24) is 5.32 Å². The van der Waals surface area contributed by atoms with Crippen LogP contribution in [0.15, 0.2) is 24.3 Å². The number of benzene rings is 1. The van der Waals surface area contributed by atoms with E-state index in [2.05, 4.69) is 5.32 Å². The first-order valence-corrected chi connectivity index (χ1v) is 6.99. The molecule has 1 rings (SSSR count). The Balaban J connectivity index is 2.17. The molecule has 5 nitrogen and oxygen atoms in total. The van der Waals surface area contributed by atoms with Crippen LogP contribution in [-0.2, 0) is 0 Å². The fourth-order valence-corrected chi connectivity index (χ4v) is 1.68. The quantitative estimate of drug-likeness (QED) is 0.563. The molecular formula is C15H25NO4. The van der Waals surface area contributed by atoms with E-state index in [4.69, 9.17) is 9.47 Å². The van der Waals surface area contributed by atoms with Crippen molar-refractivity contribution in [3.63, 3.8) is 0 Å². The zero-order chi connectivity index (χ0) is 14.8. The molecule has 0 bridgehead atoms. The summed E-state index contributed by atoms with van der Waals surface area (Å²) < 4.78 is 10.6. The van der Waals surface area contributed by atoms with Gasteiger partial charge in [0.05, 0.1) is 13.2 Å². The molecule has 0 heterocycles. The maximum Gasteiger partial charge on any atom is 0.123 e. The average molecular weight is 283 g/mol. The molecule has 0 aliphatic heterocycles.